The number of hydrogen-bond acceptors (Lipinski definition) is 2. The lowest BCUT2D eigenvalue weighted by atomic mass is 9.93. The first-order chi connectivity index (χ1) is 14.0. The number of halogens is 13. The first-order valence-electron chi connectivity index (χ1n) is 7.69. The van der Waals surface area contributed by atoms with Gasteiger partial charge >= 0.3 is 41.7 Å². The number of hydrogen-bond donors (Lipinski definition) is 2. The van der Waals surface area contributed by atoms with Crippen LogP contribution in [0.15, 0.2) is 24.3 Å². The summed E-state index contributed by atoms with van der Waals surface area (Å²) in [6.07, 6.45) is -7.54. The van der Waals surface area contributed by atoms with E-state index in [-0.39, 0.29) is 5.69 Å². The summed E-state index contributed by atoms with van der Waals surface area (Å²) in [6.45, 7) is 1.04. The van der Waals surface area contributed by atoms with Crippen LogP contribution in [-0.4, -0.2) is 47.6 Å². The maximum Gasteiger partial charge on any atom is 0.460 e. The van der Waals surface area contributed by atoms with Gasteiger partial charge in [0.25, 0.3) is 0 Å². The van der Waals surface area contributed by atoms with E-state index in [9.17, 15) is 66.7 Å². The molecule has 2 N–H and O–H groups in total. The monoisotopic (exact) mass is 496 g/mol. The molecule has 0 unspecified atom stereocenters. The predicted octanol–water partition coefficient (Wildman–Crippen LogP) is 5.32. The number of amides is 2. The van der Waals surface area contributed by atoms with Crippen molar-refractivity contribution in [2.45, 2.75) is 42.7 Å². The van der Waals surface area contributed by atoms with Gasteiger partial charge in [0.05, 0.1) is 0 Å². The molecule has 0 aliphatic rings. The van der Waals surface area contributed by atoms with Gasteiger partial charge in [-0.15, -0.1) is 0 Å². The standard InChI is InChI=1S/C15H9F13N2O2/c1-6(31)29-7-2-4-8(5-3-7)30-9(32)10(16,17)11(18,19)12(20,21)13(22,23)14(24,25)15(26,27)28/h2-5H,1H3,(H,29,31)(H,30,32). The van der Waals surface area contributed by atoms with Crippen molar-refractivity contribution in [1.82, 2.24) is 0 Å². The first-order valence-corrected chi connectivity index (χ1v) is 7.69. The Labute approximate surface area is 168 Å². The van der Waals surface area contributed by atoms with Crippen molar-refractivity contribution in [2.24, 2.45) is 0 Å². The highest BCUT2D eigenvalue weighted by Gasteiger charge is 2.91. The van der Waals surface area contributed by atoms with Gasteiger partial charge in [-0.1, -0.05) is 0 Å². The van der Waals surface area contributed by atoms with Gasteiger partial charge in [0.2, 0.25) is 5.91 Å². The maximum absolute atomic E-state index is 13.7. The summed E-state index contributed by atoms with van der Waals surface area (Å²) in [4.78, 5) is 22.2. The molecule has 0 radical (unpaired) electrons. The van der Waals surface area contributed by atoms with Crippen molar-refractivity contribution in [1.29, 1.82) is 0 Å². The highest BCUT2D eigenvalue weighted by atomic mass is 19.4. The molecule has 1 aromatic carbocycles. The normalized spacial score (nSPS) is 14.2. The number of rotatable bonds is 7. The number of carbonyl (C=O) groups is 2. The van der Waals surface area contributed by atoms with Crippen LogP contribution >= 0.6 is 0 Å². The van der Waals surface area contributed by atoms with Crippen molar-refractivity contribution < 1.29 is 66.7 Å². The van der Waals surface area contributed by atoms with E-state index in [1.54, 1.807) is 0 Å². The molecule has 0 aromatic heterocycles. The molecular formula is C15H9F13N2O2. The smallest absolute Gasteiger partial charge is 0.326 e. The molecule has 32 heavy (non-hydrogen) atoms. The minimum atomic E-state index is -8.09. The summed E-state index contributed by atoms with van der Waals surface area (Å²) in [7, 11) is 0. The highest BCUT2D eigenvalue weighted by molar-refractivity contribution is 5.97. The summed E-state index contributed by atoms with van der Waals surface area (Å²) in [6, 6.07) is 3.03. The third-order valence-electron chi connectivity index (χ3n) is 3.68. The predicted molar refractivity (Wildman–Crippen MR) is 80.2 cm³/mol. The van der Waals surface area contributed by atoms with E-state index >= 15 is 0 Å². The molecule has 0 aliphatic carbocycles. The Morgan fingerprint density at radius 1 is 0.594 bits per heavy atom. The Morgan fingerprint density at radius 3 is 1.28 bits per heavy atom. The molecule has 182 valence electrons. The lowest BCUT2D eigenvalue weighted by Gasteiger charge is -2.39. The Kier molecular flexibility index (Phi) is 6.81. The van der Waals surface area contributed by atoms with Crippen LogP contribution in [0.5, 0.6) is 0 Å². The lowest BCUT2D eigenvalue weighted by Crippen LogP contribution is -2.71. The second-order valence-electron chi connectivity index (χ2n) is 6.08. The van der Waals surface area contributed by atoms with Gasteiger partial charge in [0.15, 0.2) is 0 Å². The minimum Gasteiger partial charge on any atom is -0.326 e. The Bertz CT molecular complexity index is 863. The molecule has 0 atom stereocenters. The Balaban J connectivity index is 3.29. The zero-order valence-electron chi connectivity index (χ0n) is 15.0. The van der Waals surface area contributed by atoms with Gasteiger partial charge in [-0.3, -0.25) is 9.59 Å². The highest BCUT2D eigenvalue weighted by Crippen LogP contribution is 2.60. The van der Waals surface area contributed by atoms with Crippen molar-refractivity contribution in [3.05, 3.63) is 24.3 Å². The van der Waals surface area contributed by atoms with Crippen molar-refractivity contribution in [3.8, 4) is 0 Å². The molecule has 0 bridgehead atoms. The number of nitrogens with one attached hydrogen (secondary N) is 2. The third-order valence-corrected chi connectivity index (χ3v) is 3.68. The fourth-order valence-electron chi connectivity index (χ4n) is 1.96. The van der Waals surface area contributed by atoms with Gasteiger partial charge in [0, 0.05) is 18.3 Å². The van der Waals surface area contributed by atoms with Gasteiger partial charge < -0.3 is 10.6 Å². The SMILES string of the molecule is CC(=O)Nc1ccc(NC(=O)C(F)(F)C(F)(F)C(F)(F)C(F)(F)C(F)(F)C(F)(F)F)cc1. The quantitative estimate of drug-likeness (QED) is 0.503. The molecule has 1 rings (SSSR count). The van der Waals surface area contributed by atoms with E-state index in [2.05, 4.69) is 5.32 Å². The summed E-state index contributed by atoms with van der Waals surface area (Å²) >= 11 is 0. The molecule has 4 nitrogen and oxygen atoms in total. The number of alkyl halides is 13. The van der Waals surface area contributed by atoms with Crippen LogP contribution in [0.2, 0.25) is 0 Å². The zero-order chi connectivity index (χ0) is 25.6. The Hall–Kier alpha value is -2.75. The molecule has 1 aromatic rings. The fraction of sp³-hybridized carbons (Fsp3) is 0.467. The van der Waals surface area contributed by atoms with Crippen LogP contribution in [0, 0.1) is 0 Å². The zero-order valence-corrected chi connectivity index (χ0v) is 15.0. The van der Waals surface area contributed by atoms with Gasteiger partial charge in [-0.25, -0.2) is 0 Å². The van der Waals surface area contributed by atoms with E-state index in [4.69, 9.17) is 0 Å². The Morgan fingerprint density at radius 2 is 0.938 bits per heavy atom. The molecule has 0 spiro atoms. The molecule has 0 aliphatic heterocycles. The van der Waals surface area contributed by atoms with E-state index in [0.717, 1.165) is 24.4 Å². The van der Waals surface area contributed by atoms with E-state index < -0.39 is 53.3 Å². The maximum atomic E-state index is 13.7. The van der Waals surface area contributed by atoms with E-state index in [1.165, 1.54) is 0 Å². The van der Waals surface area contributed by atoms with E-state index in [1.807, 2.05) is 0 Å². The molecule has 0 fully saturated rings. The minimum absolute atomic E-state index is 0.0341. The molecule has 17 heteroatoms. The number of anilines is 2. The van der Waals surface area contributed by atoms with Crippen LogP contribution in [0.25, 0.3) is 0 Å². The van der Waals surface area contributed by atoms with Crippen molar-refractivity contribution in [3.63, 3.8) is 0 Å². The molecule has 2 amide bonds. The van der Waals surface area contributed by atoms with Crippen LogP contribution in [0.3, 0.4) is 0 Å². The van der Waals surface area contributed by atoms with Crippen molar-refractivity contribution >= 4 is 23.2 Å². The summed E-state index contributed by atoms with van der Waals surface area (Å²) in [5.74, 6) is -42.7. The summed E-state index contributed by atoms with van der Waals surface area (Å²) in [5, 5.41) is 3.03. The van der Waals surface area contributed by atoms with Crippen LogP contribution in [0.1, 0.15) is 6.92 Å². The average Bonchev–Trinajstić information content (AvgIpc) is 2.61. The average molecular weight is 496 g/mol. The molecule has 0 saturated carbocycles. The van der Waals surface area contributed by atoms with Crippen molar-refractivity contribution in [2.75, 3.05) is 10.6 Å². The fourth-order valence-corrected chi connectivity index (χ4v) is 1.96. The lowest BCUT2D eigenvalue weighted by molar-refractivity contribution is -0.435. The third kappa shape index (κ3) is 4.28. The first kappa shape index (κ1) is 27.3. The summed E-state index contributed by atoms with van der Waals surface area (Å²) in [5.41, 5.74) is -0.886. The second-order valence-corrected chi connectivity index (χ2v) is 6.08. The molecule has 0 saturated heterocycles. The largest absolute Gasteiger partial charge is 0.460 e. The number of benzene rings is 1. The van der Waals surface area contributed by atoms with Gasteiger partial charge in [-0.05, 0) is 24.3 Å². The topological polar surface area (TPSA) is 58.2 Å². The molecule has 0 heterocycles. The summed E-state index contributed by atoms with van der Waals surface area (Å²) < 4.78 is 169. The van der Waals surface area contributed by atoms with Crippen LogP contribution in [-0.2, 0) is 9.59 Å². The second kappa shape index (κ2) is 7.99. The molecular weight excluding hydrogens is 487 g/mol. The van der Waals surface area contributed by atoms with Gasteiger partial charge in [-0.2, -0.15) is 57.1 Å². The van der Waals surface area contributed by atoms with E-state index in [0.29, 0.717) is 12.1 Å². The number of carbonyl (C=O) groups excluding carboxylic acids is 2. The van der Waals surface area contributed by atoms with Gasteiger partial charge in [0.1, 0.15) is 0 Å². The van der Waals surface area contributed by atoms with Crippen LogP contribution < -0.4 is 10.6 Å². The van der Waals surface area contributed by atoms with Crippen LogP contribution in [0.4, 0.5) is 68.5 Å².